The van der Waals surface area contributed by atoms with E-state index in [9.17, 15) is 9.90 Å². The summed E-state index contributed by atoms with van der Waals surface area (Å²) >= 11 is 0. The van der Waals surface area contributed by atoms with E-state index < -0.39 is 5.60 Å². The molecule has 0 spiro atoms. The molecule has 4 N–H and O–H groups in total. The smallest absolute Gasteiger partial charge is 0.266 e. The zero-order valence-electron chi connectivity index (χ0n) is 12.2. The number of ether oxygens (including phenoxy) is 1. The fourth-order valence-corrected chi connectivity index (χ4v) is 2.48. The minimum absolute atomic E-state index is 0.362. The summed E-state index contributed by atoms with van der Waals surface area (Å²) in [5.41, 5.74) is 2.64. The van der Waals surface area contributed by atoms with Crippen LogP contribution >= 0.6 is 0 Å². The highest BCUT2D eigenvalue weighted by Gasteiger charge is 2.30. The van der Waals surface area contributed by atoms with Crippen LogP contribution in [-0.2, 0) is 11.3 Å². The number of hydrazine groups is 1. The average molecular weight is 294 g/mol. The van der Waals surface area contributed by atoms with Gasteiger partial charge in [-0.25, -0.2) is 5.84 Å². The molecule has 7 nitrogen and oxygen atoms in total. The third-order valence-electron chi connectivity index (χ3n) is 3.64. The summed E-state index contributed by atoms with van der Waals surface area (Å²) in [5, 5.41) is 10.5. The van der Waals surface area contributed by atoms with Gasteiger partial charge in [0.1, 0.15) is 0 Å². The SMILES string of the molecule is CN(Cc1ccc(C(=O)NN)cn1)CC1(O)CCOCC1. The summed E-state index contributed by atoms with van der Waals surface area (Å²) in [6, 6.07) is 3.47. The summed E-state index contributed by atoms with van der Waals surface area (Å²) < 4.78 is 5.27. The van der Waals surface area contributed by atoms with Gasteiger partial charge < -0.3 is 9.84 Å². The number of carbonyl (C=O) groups is 1. The Morgan fingerprint density at radius 1 is 1.52 bits per heavy atom. The van der Waals surface area contributed by atoms with E-state index in [0.717, 1.165) is 5.69 Å². The van der Waals surface area contributed by atoms with Gasteiger partial charge >= 0.3 is 0 Å². The Hall–Kier alpha value is -1.54. The van der Waals surface area contributed by atoms with Gasteiger partial charge in [0, 0.05) is 45.3 Å². The number of nitrogens with one attached hydrogen (secondary N) is 1. The van der Waals surface area contributed by atoms with E-state index in [1.54, 1.807) is 12.1 Å². The van der Waals surface area contributed by atoms with Gasteiger partial charge in [-0.15, -0.1) is 0 Å². The van der Waals surface area contributed by atoms with Gasteiger partial charge in [-0.05, 0) is 19.2 Å². The van der Waals surface area contributed by atoms with E-state index in [1.165, 1.54) is 6.20 Å². The van der Waals surface area contributed by atoms with Crippen molar-refractivity contribution in [2.45, 2.75) is 25.0 Å². The molecule has 21 heavy (non-hydrogen) atoms. The molecule has 0 atom stereocenters. The lowest BCUT2D eigenvalue weighted by atomic mass is 9.94. The molecule has 0 aromatic carbocycles. The number of pyridine rings is 1. The highest BCUT2D eigenvalue weighted by atomic mass is 16.5. The topological polar surface area (TPSA) is 101 Å². The predicted octanol–water partition coefficient (Wildman–Crippen LogP) is -0.342. The minimum atomic E-state index is -0.688. The minimum Gasteiger partial charge on any atom is -0.388 e. The van der Waals surface area contributed by atoms with Crippen LogP contribution < -0.4 is 11.3 Å². The van der Waals surface area contributed by atoms with Gasteiger partial charge in [0.25, 0.3) is 5.91 Å². The van der Waals surface area contributed by atoms with Gasteiger partial charge in [0.15, 0.2) is 0 Å². The lowest BCUT2D eigenvalue weighted by molar-refractivity contribution is -0.0778. The molecule has 0 bridgehead atoms. The van der Waals surface area contributed by atoms with Crippen molar-refractivity contribution in [2.75, 3.05) is 26.8 Å². The van der Waals surface area contributed by atoms with Gasteiger partial charge in [-0.1, -0.05) is 0 Å². The van der Waals surface area contributed by atoms with Gasteiger partial charge in [-0.2, -0.15) is 0 Å². The maximum absolute atomic E-state index is 11.3. The van der Waals surface area contributed by atoms with Crippen molar-refractivity contribution < 1.29 is 14.6 Å². The van der Waals surface area contributed by atoms with E-state index in [0.29, 0.717) is 44.7 Å². The van der Waals surface area contributed by atoms with Crippen molar-refractivity contribution in [1.29, 1.82) is 0 Å². The molecule has 1 aromatic heterocycles. The van der Waals surface area contributed by atoms with Crippen molar-refractivity contribution in [3.63, 3.8) is 0 Å². The molecule has 1 fully saturated rings. The van der Waals surface area contributed by atoms with Crippen molar-refractivity contribution in [1.82, 2.24) is 15.3 Å². The van der Waals surface area contributed by atoms with E-state index in [2.05, 4.69) is 10.4 Å². The monoisotopic (exact) mass is 294 g/mol. The van der Waals surface area contributed by atoms with E-state index >= 15 is 0 Å². The fraction of sp³-hybridized carbons (Fsp3) is 0.571. The van der Waals surface area contributed by atoms with Crippen molar-refractivity contribution in [3.05, 3.63) is 29.6 Å². The van der Waals surface area contributed by atoms with E-state index in [-0.39, 0.29) is 5.91 Å². The number of hydrogen-bond acceptors (Lipinski definition) is 6. The normalized spacial score (nSPS) is 17.7. The zero-order chi connectivity index (χ0) is 15.3. The molecule has 2 rings (SSSR count). The number of nitrogens with zero attached hydrogens (tertiary/aromatic N) is 2. The van der Waals surface area contributed by atoms with Crippen LogP contribution in [-0.4, -0.2) is 53.3 Å². The molecule has 0 unspecified atom stereocenters. The number of nitrogens with two attached hydrogens (primary N) is 1. The first-order valence-electron chi connectivity index (χ1n) is 6.97. The maximum Gasteiger partial charge on any atom is 0.266 e. The first-order valence-corrected chi connectivity index (χ1v) is 6.97. The van der Waals surface area contributed by atoms with Crippen LogP contribution in [0.2, 0.25) is 0 Å². The lowest BCUT2D eigenvalue weighted by Crippen LogP contribution is -2.45. The van der Waals surface area contributed by atoms with Crippen LogP contribution in [0.1, 0.15) is 28.9 Å². The van der Waals surface area contributed by atoms with E-state index in [1.807, 2.05) is 11.9 Å². The molecule has 2 heterocycles. The number of rotatable bonds is 5. The van der Waals surface area contributed by atoms with Crippen LogP contribution in [0.15, 0.2) is 18.3 Å². The Morgan fingerprint density at radius 3 is 2.81 bits per heavy atom. The van der Waals surface area contributed by atoms with Crippen LogP contribution in [0.25, 0.3) is 0 Å². The third-order valence-corrected chi connectivity index (χ3v) is 3.64. The molecule has 1 aliphatic rings. The Labute approximate surface area is 124 Å². The summed E-state index contributed by atoms with van der Waals surface area (Å²) in [7, 11) is 1.94. The average Bonchev–Trinajstić information content (AvgIpc) is 2.47. The number of aliphatic hydroxyl groups is 1. The Morgan fingerprint density at radius 2 is 2.24 bits per heavy atom. The predicted molar refractivity (Wildman–Crippen MR) is 77.2 cm³/mol. The number of aromatic nitrogens is 1. The quantitative estimate of drug-likeness (QED) is 0.390. The Bertz CT molecular complexity index is 472. The van der Waals surface area contributed by atoms with Crippen LogP contribution in [0.5, 0.6) is 0 Å². The molecule has 7 heteroatoms. The highest BCUT2D eigenvalue weighted by molar-refractivity contribution is 5.93. The molecule has 0 saturated carbocycles. The largest absolute Gasteiger partial charge is 0.388 e. The van der Waals surface area contributed by atoms with Crippen LogP contribution in [0.4, 0.5) is 0 Å². The second-order valence-corrected chi connectivity index (χ2v) is 5.52. The standard InChI is InChI=1S/C14H22N4O3/c1-18(10-14(20)4-6-21-7-5-14)9-12-3-2-11(8-16-12)13(19)17-15/h2-3,8,20H,4-7,9-10,15H2,1H3,(H,17,19). The molecule has 1 saturated heterocycles. The molecule has 1 aliphatic heterocycles. The summed E-state index contributed by atoms with van der Waals surface area (Å²) in [4.78, 5) is 17.6. The third kappa shape index (κ3) is 4.47. The number of amides is 1. The molecule has 1 aromatic rings. The van der Waals surface area contributed by atoms with E-state index in [4.69, 9.17) is 10.6 Å². The number of carbonyl (C=O) groups excluding carboxylic acids is 1. The fourth-order valence-electron chi connectivity index (χ4n) is 2.48. The number of likely N-dealkylation sites (N-methyl/N-ethyl adjacent to an activating group) is 1. The highest BCUT2D eigenvalue weighted by Crippen LogP contribution is 2.21. The zero-order valence-corrected chi connectivity index (χ0v) is 12.2. The molecule has 1 amide bonds. The second kappa shape index (κ2) is 6.95. The van der Waals surface area contributed by atoms with Crippen molar-refractivity contribution in [2.24, 2.45) is 5.84 Å². The second-order valence-electron chi connectivity index (χ2n) is 5.52. The number of hydrogen-bond donors (Lipinski definition) is 3. The summed E-state index contributed by atoms with van der Waals surface area (Å²) in [6.07, 6.45) is 2.80. The molecule has 0 radical (unpaired) electrons. The van der Waals surface area contributed by atoms with Gasteiger partial charge in [-0.3, -0.25) is 20.1 Å². The molecule has 116 valence electrons. The first kappa shape index (κ1) is 15.8. The van der Waals surface area contributed by atoms with Crippen molar-refractivity contribution in [3.8, 4) is 0 Å². The molecular formula is C14H22N4O3. The van der Waals surface area contributed by atoms with Crippen molar-refractivity contribution >= 4 is 5.91 Å². The lowest BCUT2D eigenvalue weighted by Gasteiger charge is -2.35. The number of nitrogen functional groups attached to an aromatic ring is 1. The maximum atomic E-state index is 11.3. The summed E-state index contributed by atoms with van der Waals surface area (Å²) in [6.45, 7) is 2.38. The van der Waals surface area contributed by atoms with Crippen LogP contribution in [0.3, 0.4) is 0 Å². The van der Waals surface area contributed by atoms with Gasteiger partial charge in [0.2, 0.25) is 0 Å². The summed E-state index contributed by atoms with van der Waals surface area (Å²) in [5.74, 6) is 4.71. The first-order chi connectivity index (χ1) is 10.0. The van der Waals surface area contributed by atoms with Gasteiger partial charge in [0.05, 0.1) is 16.9 Å². The molecule has 0 aliphatic carbocycles. The molecular weight excluding hydrogens is 272 g/mol. The Kier molecular flexibility index (Phi) is 5.24. The Balaban J connectivity index is 1.90. The van der Waals surface area contributed by atoms with Crippen LogP contribution in [0, 0.1) is 0 Å².